The molecule has 2 N–H and O–H groups in total. The minimum atomic E-state index is -4.96. The smallest absolute Gasteiger partial charge is 0.459 e. The molecule has 0 bridgehead atoms. The Morgan fingerprint density at radius 3 is 2.50 bits per heavy atom. The van der Waals surface area contributed by atoms with Crippen LogP contribution in [0.1, 0.15) is 27.2 Å². The molecular formula is C27H28ClF4N2O9P. The van der Waals surface area contributed by atoms with Crippen molar-refractivity contribution in [2.45, 2.75) is 69.6 Å². The van der Waals surface area contributed by atoms with E-state index < -0.39 is 85.9 Å². The first kappa shape index (κ1) is 33.8. The molecule has 1 fully saturated rings. The maximum absolute atomic E-state index is 15.3. The molecule has 1 amide bonds. The second-order valence-corrected chi connectivity index (χ2v) is 12.5. The van der Waals surface area contributed by atoms with Gasteiger partial charge in [0.25, 0.3) is 6.43 Å². The van der Waals surface area contributed by atoms with Crippen molar-refractivity contribution in [2.75, 3.05) is 6.61 Å². The second-order valence-electron chi connectivity index (χ2n) is 10.4. The second kappa shape index (κ2) is 12.7. The number of ether oxygens (including phenoxy) is 2. The fourth-order valence-electron chi connectivity index (χ4n) is 4.48. The van der Waals surface area contributed by atoms with E-state index in [1.165, 1.54) is 19.1 Å². The van der Waals surface area contributed by atoms with Crippen LogP contribution in [-0.4, -0.2) is 76.7 Å². The molecule has 17 heteroatoms. The van der Waals surface area contributed by atoms with Crippen LogP contribution in [0.25, 0.3) is 10.8 Å². The van der Waals surface area contributed by atoms with Crippen molar-refractivity contribution in [1.82, 2.24) is 9.99 Å². The van der Waals surface area contributed by atoms with Gasteiger partial charge in [-0.05, 0) is 32.2 Å². The van der Waals surface area contributed by atoms with E-state index in [9.17, 15) is 32.8 Å². The summed E-state index contributed by atoms with van der Waals surface area (Å²) < 4.78 is 94.8. The van der Waals surface area contributed by atoms with Crippen LogP contribution >= 0.6 is 19.3 Å². The molecular weight excluding hydrogens is 639 g/mol. The first-order valence-electron chi connectivity index (χ1n) is 13.1. The van der Waals surface area contributed by atoms with Gasteiger partial charge in [-0.2, -0.15) is 13.9 Å². The lowest BCUT2D eigenvalue weighted by molar-refractivity contribution is -0.201. The van der Waals surface area contributed by atoms with Crippen LogP contribution in [0.5, 0.6) is 5.75 Å². The number of halogens is 5. The predicted octanol–water partition coefficient (Wildman–Crippen LogP) is 4.51. The lowest BCUT2D eigenvalue weighted by Crippen LogP contribution is -2.55. The van der Waals surface area contributed by atoms with Crippen LogP contribution in [0, 0.1) is 0 Å². The van der Waals surface area contributed by atoms with Gasteiger partial charge in [0, 0.05) is 11.6 Å². The van der Waals surface area contributed by atoms with E-state index in [1.807, 2.05) is 0 Å². The summed E-state index contributed by atoms with van der Waals surface area (Å²) in [5, 5.41) is 13.1. The quantitative estimate of drug-likeness (QED) is 0.152. The molecule has 5 atom stereocenters. The molecule has 4 rings (SSSR count). The number of nitrogens with one attached hydrogen (secondary N) is 1. The molecule has 2 aliphatic rings. The molecule has 240 valence electrons. The van der Waals surface area contributed by atoms with Crippen molar-refractivity contribution >= 4 is 47.8 Å². The van der Waals surface area contributed by atoms with E-state index in [0.29, 0.717) is 17.0 Å². The zero-order valence-electron chi connectivity index (χ0n) is 23.4. The number of esters is 1. The van der Waals surface area contributed by atoms with Gasteiger partial charge < -0.3 is 19.1 Å². The zero-order chi connectivity index (χ0) is 32.6. The minimum absolute atomic E-state index is 0.0890. The molecule has 1 saturated heterocycles. The van der Waals surface area contributed by atoms with Gasteiger partial charge in [0.1, 0.15) is 16.8 Å². The summed E-state index contributed by atoms with van der Waals surface area (Å²) in [4.78, 5) is 36.7. The fraction of sp³-hybridized carbons (Fsp3) is 0.444. The summed E-state index contributed by atoms with van der Waals surface area (Å²) in [6, 6.07) is 9.76. The van der Waals surface area contributed by atoms with Crippen molar-refractivity contribution in [1.29, 1.82) is 0 Å². The van der Waals surface area contributed by atoms with Gasteiger partial charge in [0.2, 0.25) is 12.1 Å². The summed E-state index contributed by atoms with van der Waals surface area (Å²) >= 11 is 5.70. The maximum Gasteiger partial charge on any atom is 0.459 e. The fourth-order valence-corrected chi connectivity index (χ4v) is 6.20. The molecule has 11 nitrogen and oxygen atoms in total. The summed E-state index contributed by atoms with van der Waals surface area (Å²) in [6.07, 6.45) is -11.2. The molecule has 0 aromatic heterocycles. The largest absolute Gasteiger partial charge is 0.462 e. The Labute approximate surface area is 253 Å². The van der Waals surface area contributed by atoms with Gasteiger partial charge in [-0.15, -0.1) is 0 Å². The van der Waals surface area contributed by atoms with Gasteiger partial charge in [-0.3, -0.25) is 23.8 Å². The van der Waals surface area contributed by atoms with Gasteiger partial charge in [-0.1, -0.05) is 48.0 Å². The molecule has 1 unspecified atom stereocenters. The van der Waals surface area contributed by atoms with Crippen LogP contribution in [0.2, 0.25) is 0 Å². The van der Waals surface area contributed by atoms with Crippen LogP contribution in [0.3, 0.4) is 0 Å². The summed E-state index contributed by atoms with van der Waals surface area (Å²) in [6.45, 7) is 2.61. The highest BCUT2D eigenvalue weighted by Crippen LogP contribution is 2.52. The summed E-state index contributed by atoms with van der Waals surface area (Å²) in [5.41, 5.74) is -3.59. The third-order valence-corrected chi connectivity index (χ3v) is 8.63. The number of nitrogens with zero attached hydrogens (tertiary/aromatic N) is 1. The lowest BCUT2D eigenvalue weighted by atomic mass is 9.95. The highest BCUT2D eigenvalue weighted by molar-refractivity contribution is 7.52. The van der Waals surface area contributed by atoms with E-state index in [2.05, 4.69) is 5.09 Å². The van der Waals surface area contributed by atoms with E-state index in [-0.39, 0.29) is 10.6 Å². The minimum Gasteiger partial charge on any atom is -0.462 e. The standard InChI is InChI=1S/C27H28ClF4N2O9P/c1-14(2)41-22(37)15(3)33-44(39,43-20-10-6-8-16-7-4-5-9-17(16)20)40-13-26(24(29)30)23(38)27(31,32)25(42-26)34-12-18(28)19(35)11-21(34)36/h4-10,12,14-15,23-25,38H,11,13H2,1-3H3,(H,33,39)/t15-,23+,25+,26+,44?/m0/s1. The zero-order valence-corrected chi connectivity index (χ0v) is 25.1. The number of aliphatic hydroxyl groups is 1. The van der Waals surface area contributed by atoms with Crippen LogP contribution < -0.4 is 9.61 Å². The molecule has 2 heterocycles. The van der Waals surface area contributed by atoms with Crippen LogP contribution in [0.4, 0.5) is 17.6 Å². The first-order chi connectivity index (χ1) is 20.5. The number of aliphatic hydroxyl groups excluding tert-OH is 1. The van der Waals surface area contributed by atoms with Crippen molar-refractivity contribution in [2.24, 2.45) is 0 Å². The van der Waals surface area contributed by atoms with E-state index in [0.717, 1.165) is 0 Å². The highest BCUT2D eigenvalue weighted by atomic mass is 35.5. The number of fused-ring (bicyclic) bond motifs is 1. The average molecular weight is 667 g/mol. The number of benzene rings is 2. The molecule has 0 saturated carbocycles. The van der Waals surface area contributed by atoms with Crippen molar-refractivity contribution < 1.29 is 60.1 Å². The van der Waals surface area contributed by atoms with E-state index in [1.54, 1.807) is 44.2 Å². The molecule has 2 aromatic rings. The summed E-state index contributed by atoms with van der Waals surface area (Å²) in [7, 11) is -4.96. The van der Waals surface area contributed by atoms with Crippen molar-refractivity contribution in [3.8, 4) is 5.75 Å². The summed E-state index contributed by atoms with van der Waals surface area (Å²) in [5.74, 6) is -7.74. The van der Waals surface area contributed by atoms with E-state index >= 15 is 8.78 Å². The number of amides is 1. The molecule has 44 heavy (non-hydrogen) atoms. The third kappa shape index (κ3) is 6.63. The normalized spacial score (nSPS) is 25.7. The number of ketones is 1. The van der Waals surface area contributed by atoms with Gasteiger partial charge in [0.15, 0.2) is 17.5 Å². The number of Topliss-reactive ketones (excluding diaryl/α,β-unsaturated/α-hetero) is 1. The molecule has 0 radical (unpaired) electrons. The number of rotatable bonds is 11. The number of alkyl halides is 4. The Morgan fingerprint density at radius 1 is 1.18 bits per heavy atom. The maximum atomic E-state index is 15.3. The van der Waals surface area contributed by atoms with Gasteiger partial charge in [0.05, 0.1) is 19.1 Å². The van der Waals surface area contributed by atoms with Gasteiger partial charge >= 0.3 is 19.6 Å². The Balaban J connectivity index is 1.69. The molecule has 2 aromatic carbocycles. The Morgan fingerprint density at radius 2 is 1.84 bits per heavy atom. The average Bonchev–Trinajstić information content (AvgIpc) is 3.15. The molecule has 0 spiro atoms. The number of hydrogen-bond acceptors (Lipinski definition) is 9. The number of carbonyl (C=O) groups is 3. The number of carbonyl (C=O) groups excluding carboxylic acids is 3. The van der Waals surface area contributed by atoms with E-state index in [4.69, 9.17) is 30.1 Å². The Bertz CT molecular complexity index is 1520. The number of allylic oxidation sites excluding steroid dienone is 1. The lowest BCUT2D eigenvalue weighted by Gasteiger charge is -2.33. The predicted molar refractivity (Wildman–Crippen MR) is 147 cm³/mol. The SMILES string of the molecule is CC(C)OC(=O)[C@H](C)NP(=O)(OC[C@@]1(C(F)F)O[C@@H](N2C=C(Cl)C(=O)CC2=O)C(F)(F)[C@@H]1O)Oc1cccc2ccccc12. The van der Waals surface area contributed by atoms with Crippen molar-refractivity contribution in [3.05, 3.63) is 53.7 Å². The molecule has 0 aliphatic carbocycles. The Hall–Kier alpha value is -3.07. The van der Waals surface area contributed by atoms with Crippen molar-refractivity contribution in [3.63, 3.8) is 0 Å². The topological polar surface area (TPSA) is 141 Å². The molecule has 2 aliphatic heterocycles. The van der Waals surface area contributed by atoms with Gasteiger partial charge in [-0.25, -0.2) is 13.3 Å². The highest BCUT2D eigenvalue weighted by Gasteiger charge is 2.72. The van der Waals surface area contributed by atoms with Crippen LogP contribution in [-0.2, 0) is 32.9 Å². The Kier molecular flexibility index (Phi) is 9.79. The van der Waals surface area contributed by atoms with Crippen LogP contribution in [0.15, 0.2) is 53.7 Å². The monoisotopic (exact) mass is 666 g/mol. The third-order valence-electron chi connectivity index (χ3n) is 6.71. The number of hydrogen-bond donors (Lipinski definition) is 2. The first-order valence-corrected chi connectivity index (χ1v) is 15.1.